The van der Waals surface area contributed by atoms with E-state index in [4.69, 9.17) is 5.73 Å². The fourth-order valence-corrected chi connectivity index (χ4v) is 2.80. The maximum atomic E-state index is 6.08. The van der Waals surface area contributed by atoms with E-state index in [1.165, 1.54) is 27.8 Å². The zero-order valence-corrected chi connectivity index (χ0v) is 10.8. The maximum absolute atomic E-state index is 6.08. The van der Waals surface area contributed by atoms with Crippen molar-refractivity contribution >= 4 is 0 Å². The zero-order valence-electron chi connectivity index (χ0n) is 10.8. The average Bonchev–Trinajstić information content (AvgIpc) is 2.80. The van der Waals surface area contributed by atoms with Crippen molar-refractivity contribution < 1.29 is 0 Å². The van der Waals surface area contributed by atoms with Crippen LogP contribution in [-0.4, -0.2) is 0 Å². The van der Waals surface area contributed by atoms with Gasteiger partial charge in [-0.1, -0.05) is 49.4 Å². The number of nitrogens with two attached hydrogens (primary N) is 1. The topological polar surface area (TPSA) is 26.0 Å². The van der Waals surface area contributed by atoms with E-state index < -0.39 is 0 Å². The van der Waals surface area contributed by atoms with Gasteiger partial charge >= 0.3 is 0 Å². The van der Waals surface area contributed by atoms with Gasteiger partial charge in [-0.05, 0) is 47.1 Å². The Kier molecular flexibility index (Phi) is 2.92. The summed E-state index contributed by atoms with van der Waals surface area (Å²) < 4.78 is 0. The van der Waals surface area contributed by atoms with E-state index in [2.05, 4.69) is 49.4 Å². The predicted octanol–water partition coefficient (Wildman–Crippen LogP) is 3.86. The summed E-state index contributed by atoms with van der Waals surface area (Å²) in [5.74, 6) is 0. The Labute approximate surface area is 109 Å². The molecule has 0 saturated carbocycles. The highest BCUT2D eigenvalue weighted by Gasteiger charge is 2.18. The third-order valence-corrected chi connectivity index (χ3v) is 3.94. The van der Waals surface area contributed by atoms with Crippen LogP contribution < -0.4 is 5.73 Å². The minimum absolute atomic E-state index is 0.246. The monoisotopic (exact) mass is 237 g/mol. The van der Waals surface area contributed by atoms with Crippen LogP contribution in [0.2, 0.25) is 0 Å². The lowest BCUT2D eigenvalue weighted by Gasteiger charge is -2.08. The molecule has 0 aromatic heterocycles. The van der Waals surface area contributed by atoms with Crippen LogP contribution in [0.25, 0.3) is 11.1 Å². The first kappa shape index (κ1) is 11.5. The molecule has 2 N–H and O–H groups in total. The van der Waals surface area contributed by atoms with Gasteiger partial charge in [-0.15, -0.1) is 0 Å². The molecule has 0 heterocycles. The van der Waals surface area contributed by atoms with Crippen LogP contribution >= 0.6 is 0 Å². The molecule has 92 valence electrons. The fraction of sp³-hybridized carbons (Fsp3) is 0.294. The molecule has 2 aromatic rings. The number of hydrogen-bond donors (Lipinski definition) is 1. The highest BCUT2D eigenvalue weighted by Crippen LogP contribution is 2.32. The second kappa shape index (κ2) is 4.58. The number of benzene rings is 2. The number of fused-ring (bicyclic) bond motifs is 1. The van der Waals surface area contributed by atoms with E-state index in [0.29, 0.717) is 0 Å². The van der Waals surface area contributed by atoms with Gasteiger partial charge < -0.3 is 5.73 Å². The quantitative estimate of drug-likeness (QED) is 0.843. The highest BCUT2D eigenvalue weighted by molar-refractivity contribution is 5.66. The van der Waals surface area contributed by atoms with Crippen molar-refractivity contribution in [3.8, 4) is 11.1 Å². The van der Waals surface area contributed by atoms with E-state index in [1.807, 2.05) is 0 Å². The molecule has 2 aromatic carbocycles. The van der Waals surface area contributed by atoms with Gasteiger partial charge in [0.05, 0.1) is 0 Å². The second-order valence-electron chi connectivity index (χ2n) is 5.11. The molecule has 0 amide bonds. The van der Waals surface area contributed by atoms with Crippen molar-refractivity contribution in [2.24, 2.45) is 5.73 Å². The first-order valence-corrected chi connectivity index (χ1v) is 6.75. The molecule has 0 aliphatic heterocycles. The van der Waals surface area contributed by atoms with Crippen LogP contribution in [-0.2, 0) is 12.8 Å². The summed E-state index contributed by atoms with van der Waals surface area (Å²) in [6.45, 7) is 2.20. The molecule has 3 rings (SSSR count). The predicted molar refractivity (Wildman–Crippen MR) is 76.5 cm³/mol. The van der Waals surface area contributed by atoms with Crippen LogP contribution in [0.4, 0.5) is 0 Å². The van der Waals surface area contributed by atoms with E-state index >= 15 is 0 Å². The molecule has 18 heavy (non-hydrogen) atoms. The Balaban J connectivity index is 2.02. The minimum Gasteiger partial charge on any atom is -0.324 e. The Morgan fingerprint density at radius 1 is 1.11 bits per heavy atom. The number of hydrogen-bond acceptors (Lipinski definition) is 1. The van der Waals surface area contributed by atoms with E-state index in [0.717, 1.165) is 19.3 Å². The number of rotatable bonds is 2. The Morgan fingerprint density at radius 2 is 1.94 bits per heavy atom. The molecule has 1 nitrogen and oxygen atoms in total. The Morgan fingerprint density at radius 3 is 2.78 bits per heavy atom. The van der Waals surface area contributed by atoms with Crippen molar-refractivity contribution in [2.75, 3.05) is 0 Å². The molecule has 0 spiro atoms. The van der Waals surface area contributed by atoms with Crippen molar-refractivity contribution in [2.45, 2.75) is 32.2 Å². The highest BCUT2D eigenvalue weighted by atomic mass is 14.6. The Hall–Kier alpha value is -1.60. The summed E-state index contributed by atoms with van der Waals surface area (Å²) in [5.41, 5.74) is 12.9. The molecule has 0 saturated heterocycles. The lowest BCUT2D eigenvalue weighted by Crippen LogP contribution is -2.04. The normalized spacial score (nSPS) is 17.8. The molecule has 0 fully saturated rings. The smallest absolute Gasteiger partial charge is 0.0300 e. The lowest BCUT2D eigenvalue weighted by molar-refractivity contribution is 0.713. The zero-order chi connectivity index (χ0) is 12.5. The summed E-state index contributed by atoms with van der Waals surface area (Å²) in [7, 11) is 0. The van der Waals surface area contributed by atoms with Crippen LogP contribution in [0.15, 0.2) is 42.5 Å². The van der Waals surface area contributed by atoms with Crippen LogP contribution in [0, 0.1) is 0 Å². The molecule has 1 aliphatic carbocycles. The van der Waals surface area contributed by atoms with Crippen molar-refractivity contribution in [1.29, 1.82) is 0 Å². The first-order valence-electron chi connectivity index (χ1n) is 6.75. The van der Waals surface area contributed by atoms with Crippen LogP contribution in [0.1, 0.15) is 36.1 Å². The standard InChI is InChI=1S/C17H19N/c1-2-12-4-3-5-13(10-12)14-6-8-16-15(11-14)7-9-17(16)18/h3-6,8,10-11,17H,2,7,9,18H2,1H3. The van der Waals surface area contributed by atoms with Crippen LogP contribution in [0.5, 0.6) is 0 Å². The summed E-state index contributed by atoms with van der Waals surface area (Å²) in [5, 5.41) is 0. The third kappa shape index (κ3) is 1.95. The van der Waals surface area contributed by atoms with Crippen molar-refractivity contribution in [3.63, 3.8) is 0 Å². The molecular formula is C17H19N. The first-order chi connectivity index (χ1) is 8.78. The lowest BCUT2D eigenvalue weighted by atomic mass is 9.98. The van der Waals surface area contributed by atoms with Crippen molar-refractivity contribution in [1.82, 2.24) is 0 Å². The molecule has 0 radical (unpaired) electrons. The van der Waals surface area contributed by atoms with Gasteiger partial charge in [0, 0.05) is 6.04 Å². The minimum atomic E-state index is 0.246. The Bertz CT molecular complexity index is 572. The van der Waals surface area contributed by atoms with Gasteiger partial charge in [0.1, 0.15) is 0 Å². The van der Waals surface area contributed by atoms with E-state index in [1.54, 1.807) is 0 Å². The summed E-state index contributed by atoms with van der Waals surface area (Å²) in [6.07, 6.45) is 3.30. The third-order valence-electron chi connectivity index (χ3n) is 3.94. The molecular weight excluding hydrogens is 218 g/mol. The second-order valence-corrected chi connectivity index (χ2v) is 5.11. The molecule has 0 bridgehead atoms. The SMILES string of the molecule is CCc1cccc(-c2ccc3c(c2)CCC3N)c1. The fourth-order valence-electron chi connectivity index (χ4n) is 2.80. The molecule has 1 unspecified atom stereocenters. The van der Waals surface area contributed by atoms with Gasteiger partial charge in [0.25, 0.3) is 0 Å². The van der Waals surface area contributed by atoms with Crippen molar-refractivity contribution in [3.05, 3.63) is 59.2 Å². The maximum Gasteiger partial charge on any atom is 0.0300 e. The van der Waals surface area contributed by atoms with Gasteiger partial charge in [0.2, 0.25) is 0 Å². The number of aryl methyl sites for hydroxylation is 2. The summed E-state index contributed by atoms with van der Waals surface area (Å²) in [6, 6.07) is 15.8. The van der Waals surface area contributed by atoms with Crippen LogP contribution in [0.3, 0.4) is 0 Å². The van der Waals surface area contributed by atoms with Gasteiger partial charge in [-0.2, -0.15) is 0 Å². The largest absolute Gasteiger partial charge is 0.324 e. The molecule has 1 heteroatoms. The van der Waals surface area contributed by atoms with Gasteiger partial charge in [-0.3, -0.25) is 0 Å². The molecule has 1 atom stereocenters. The van der Waals surface area contributed by atoms with Gasteiger partial charge in [0.15, 0.2) is 0 Å². The average molecular weight is 237 g/mol. The van der Waals surface area contributed by atoms with Gasteiger partial charge in [-0.25, -0.2) is 0 Å². The summed E-state index contributed by atoms with van der Waals surface area (Å²) in [4.78, 5) is 0. The summed E-state index contributed by atoms with van der Waals surface area (Å²) >= 11 is 0. The molecule has 1 aliphatic rings. The van der Waals surface area contributed by atoms with E-state index in [-0.39, 0.29) is 6.04 Å². The van der Waals surface area contributed by atoms with E-state index in [9.17, 15) is 0 Å².